The summed E-state index contributed by atoms with van der Waals surface area (Å²) in [6.07, 6.45) is -3.65. The zero-order valence-corrected chi connectivity index (χ0v) is 17.6. The van der Waals surface area contributed by atoms with E-state index in [1.54, 1.807) is 13.0 Å². The Morgan fingerprint density at radius 2 is 1.90 bits per heavy atom. The fourth-order valence-electron chi connectivity index (χ4n) is 2.25. The predicted octanol–water partition coefficient (Wildman–Crippen LogP) is 2.05. The van der Waals surface area contributed by atoms with Gasteiger partial charge < -0.3 is 25.4 Å². The Hall–Kier alpha value is -2.54. The van der Waals surface area contributed by atoms with Gasteiger partial charge in [0.05, 0.1) is 46.0 Å². The van der Waals surface area contributed by atoms with Gasteiger partial charge in [-0.05, 0) is 32.0 Å². The SMILES string of the molecule is CC(O)CO.Cc1c(OCC(F)(F)F)ccnc1C[S@@](=O)c1nc2ccccc2[nH]1.O. The number of fused-ring (bicyclic) bond motifs is 1. The molecule has 0 radical (unpaired) electrons. The number of hydrogen-bond acceptors (Lipinski definition) is 6. The van der Waals surface area contributed by atoms with Gasteiger partial charge in [-0.1, -0.05) is 12.1 Å². The Balaban J connectivity index is 0.000000721. The second-order valence-electron chi connectivity index (χ2n) is 6.37. The van der Waals surface area contributed by atoms with Crippen molar-refractivity contribution in [3.63, 3.8) is 0 Å². The number of H-pyrrole nitrogens is 1. The molecule has 3 aromatic rings. The van der Waals surface area contributed by atoms with Gasteiger partial charge in [-0.3, -0.25) is 9.19 Å². The summed E-state index contributed by atoms with van der Waals surface area (Å²) in [6, 6.07) is 8.62. The summed E-state index contributed by atoms with van der Waals surface area (Å²) in [5, 5.41) is 16.3. The van der Waals surface area contributed by atoms with Crippen molar-refractivity contribution < 1.29 is 37.8 Å². The van der Waals surface area contributed by atoms with Gasteiger partial charge in [-0.25, -0.2) is 4.98 Å². The quantitative estimate of drug-likeness (QED) is 0.511. The van der Waals surface area contributed by atoms with E-state index in [1.807, 2.05) is 18.2 Å². The monoisotopic (exact) mass is 463 g/mol. The van der Waals surface area contributed by atoms with E-state index in [4.69, 9.17) is 14.9 Å². The molecule has 1 unspecified atom stereocenters. The number of rotatable bonds is 6. The van der Waals surface area contributed by atoms with Crippen LogP contribution in [0.2, 0.25) is 0 Å². The average Bonchev–Trinajstić information content (AvgIpc) is 3.13. The minimum atomic E-state index is -4.42. The molecule has 0 bridgehead atoms. The number of ether oxygens (including phenoxy) is 1. The number of pyridine rings is 1. The van der Waals surface area contributed by atoms with Gasteiger partial charge in [-0.15, -0.1) is 0 Å². The van der Waals surface area contributed by atoms with Crippen LogP contribution < -0.4 is 4.74 Å². The van der Waals surface area contributed by atoms with Crippen molar-refractivity contribution in [2.75, 3.05) is 13.2 Å². The van der Waals surface area contributed by atoms with Crippen LogP contribution in [0.3, 0.4) is 0 Å². The number of aliphatic hydroxyl groups is 2. The number of alkyl halides is 3. The first-order valence-electron chi connectivity index (χ1n) is 8.86. The zero-order chi connectivity index (χ0) is 22.3. The van der Waals surface area contributed by atoms with Crippen LogP contribution in [-0.2, 0) is 16.6 Å². The zero-order valence-electron chi connectivity index (χ0n) is 16.8. The summed E-state index contributed by atoms with van der Waals surface area (Å²) in [5.41, 5.74) is 2.28. The smallest absolute Gasteiger partial charge is 0.422 e. The number of para-hydroxylation sites is 2. The third-order valence-electron chi connectivity index (χ3n) is 3.77. The third kappa shape index (κ3) is 8.25. The standard InChI is InChI=1S/C16H14F3N3O2S.C3H8O2.H2O/c1-10-13(20-7-6-14(10)24-9-16(17,18)19)8-25(23)15-21-11-4-2-3-5-12(11)22-15;1-3(5)2-4;/h2-7H,8-9H2,1H3,(H,21,22);3-5H,2H2,1H3;1H2/t25-;;/m1../s1. The van der Waals surface area contributed by atoms with Gasteiger partial charge in [0.15, 0.2) is 11.8 Å². The first kappa shape index (κ1) is 26.5. The molecule has 0 saturated heterocycles. The van der Waals surface area contributed by atoms with E-state index < -0.39 is 29.7 Å². The first-order chi connectivity index (χ1) is 14.1. The second kappa shape index (κ2) is 11.7. The van der Waals surface area contributed by atoms with Gasteiger partial charge in [0.25, 0.3) is 0 Å². The lowest BCUT2D eigenvalue weighted by Gasteiger charge is -2.13. The third-order valence-corrected chi connectivity index (χ3v) is 4.93. The van der Waals surface area contributed by atoms with Crippen molar-refractivity contribution in [1.82, 2.24) is 15.0 Å². The Kier molecular flexibility index (Phi) is 10.0. The van der Waals surface area contributed by atoms with Crippen molar-refractivity contribution in [1.29, 1.82) is 0 Å². The molecule has 12 heteroatoms. The molecule has 0 spiro atoms. The molecular formula is C19H24F3N3O5S. The first-order valence-corrected chi connectivity index (χ1v) is 10.2. The Bertz CT molecular complexity index is 962. The van der Waals surface area contributed by atoms with Crippen LogP contribution >= 0.6 is 0 Å². The molecule has 2 aromatic heterocycles. The lowest BCUT2D eigenvalue weighted by atomic mass is 10.2. The number of aromatic amines is 1. The van der Waals surface area contributed by atoms with Gasteiger partial charge >= 0.3 is 6.18 Å². The maximum absolute atomic E-state index is 12.5. The van der Waals surface area contributed by atoms with Crippen molar-refractivity contribution in [2.24, 2.45) is 0 Å². The van der Waals surface area contributed by atoms with E-state index in [-0.39, 0.29) is 23.6 Å². The molecular weight excluding hydrogens is 439 g/mol. The van der Waals surface area contributed by atoms with E-state index in [0.29, 0.717) is 21.9 Å². The Morgan fingerprint density at radius 3 is 2.48 bits per heavy atom. The number of aromatic nitrogens is 3. The fraction of sp³-hybridized carbons (Fsp3) is 0.368. The highest BCUT2D eigenvalue weighted by Crippen LogP contribution is 2.24. The molecule has 0 aliphatic carbocycles. The van der Waals surface area contributed by atoms with Crippen LogP contribution in [0.25, 0.3) is 11.0 Å². The van der Waals surface area contributed by atoms with E-state index in [9.17, 15) is 17.4 Å². The van der Waals surface area contributed by atoms with Gasteiger partial charge in [0.1, 0.15) is 5.75 Å². The highest BCUT2D eigenvalue weighted by Gasteiger charge is 2.29. The molecule has 0 fully saturated rings. The van der Waals surface area contributed by atoms with E-state index in [1.165, 1.54) is 19.2 Å². The number of halogens is 3. The topological polar surface area (TPSA) is 140 Å². The molecule has 3 rings (SSSR count). The van der Waals surface area contributed by atoms with Crippen LogP contribution in [0.5, 0.6) is 5.75 Å². The van der Waals surface area contributed by atoms with Crippen molar-refractivity contribution in [2.45, 2.75) is 37.0 Å². The van der Waals surface area contributed by atoms with Crippen LogP contribution in [-0.4, -0.2) is 60.3 Å². The number of nitrogens with one attached hydrogen (secondary N) is 1. The summed E-state index contributed by atoms with van der Waals surface area (Å²) < 4.78 is 54.2. The van der Waals surface area contributed by atoms with Crippen LogP contribution in [0.4, 0.5) is 13.2 Å². The van der Waals surface area contributed by atoms with E-state index in [2.05, 4.69) is 15.0 Å². The summed E-state index contributed by atoms with van der Waals surface area (Å²) in [6.45, 7) is 1.59. The molecule has 1 aromatic carbocycles. The van der Waals surface area contributed by atoms with E-state index in [0.717, 1.165) is 5.52 Å². The Labute approximate surface area is 178 Å². The van der Waals surface area contributed by atoms with Gasteiger partial charge in [0.2, 0.25) is 0 Å². The molecule has 172 valence electrons. The molecule has 0 amide bonds. The molecule has 0 saturated carbocycles. The lowest BCUT2D eigenvalue weighted by Crippen LogP contribution is -2.19. The van der Waals surface area contributed by atoms with Crippen LogP contribution in [0.15, 0.2) is 41.7 Å². The number of imidazole rings is 1. The van der Waals surface area contributed by atoms with Crippen molar-refractivity contribution in [3.05, 3.63) is 47.8 Å². The molecule has 0 aliphatic heterocycles. The summed E-state index contributed by atoms with van der Waals surface area (Å²) in [5.74, 6) is 0.0958. The average molecular weight is 463 g/mol. The van der Waals surface area contributed by atoms with Crippen molar-refractivity contribution >= 4 is 21.8 Å². The highest BCUT2D eigenvalue weighted by molar-refractivity contribution is 7.84. The number of hydrogen-bond donors (Lipinski definition) is 3. The number of nitrogens with zero attached hydrogens (tertiary/aromatic N) is 2. The lowest BCUT2D eigenvalue weighted by molar-refractivity contribution is -0.153. The van der Waals surface area contributed by atoms with Crippen LogP contribution in [0, 0.1) is 6.92 Å². The molecule has 2 heterocycles. The number of aliphatic hydroxyl groups excluding tert-OH is 2. The maximum atomic E-state index is 12.5. The Morgan fingerprint density at radius 1 is 1.26 bits per heavy atom. The summed E-state index contributed by atoms with van der Waals surface area (Å²) in [7, 11) is -1.51. The molecule has 8 nitrogen and oxygen atoms in total. The van der Waals surface area contributed by atoms with Gasteiger partial charge in [-0.2, -0.15) is 13.2 Å². The largest absolute Gasteiger partial charge is 0.484 e. The molecule has 5 N–H and O–H groups in total. The fourth-order valence-corrected chi connectivity index (χ4v) is 3.35. The van der Waals surface area contributed by atoms with E-state index >= 15 is 0 Å². The molecule has 0 aliphatic rings. The summed E-state index contributed by atoms with van der Waals surface area (Å²) in [4.78, 5) is 11.3. The normalized spacial score (nSPS) is 13.0. The highest BCUT2D eigenvalue weighted by atomic mass is 32.2. The number of benzene rings is 1. The maximum Gasteiger partial charge on any atom is 0.422 e. The molecule has 31 heavy (non-hydrogen) atoms. The molecule has 2 atom stereocenters. The minimum absolute atomic E-state index is 0. The second-order valence-corrected chi connectivity index (χ2v) is 7.73. The van der Waals surface area contributed by atoms with Gasteiger partial charge in [0, 0.05) is 11.8 Å². The van der Waals surface area contributed by atoms with Crippen molar-refractivity contribution in [3.8, 4) is 5.75 Å². The van der Waals surface area contributed by atoms with Crippen LogP contribution in [0.1, 0.15) is 18.2 Å². The predicted molar refractivity (Wildman–Crippen MR) is 109 cm³/mol. The minimum Gasteiger partial charge on any atom is -0.484 e. The summed E-state index contributed by atoms with van der Waals surface area (Å²) >= 11 is 0.